The quantitative estimate of drug-likeness (QED) is 0.817. The molecule has 2 saturated heterocycles. The fraction of sp³-hybridized carbons (Fsp3) is 0.941. The van der Waals surface area contributed by atoms with E-state index in [9.17, 15) is 4.79 Å². The molecule has 5 atom stereocenters. The highest BCUT2D eigenvalue weighted by Gasteiger charge is 2.38. The van der Waals surface area contributed by atoms with Gasteiger partial charge in [-0.1, -0.05) is 12.8 Å². The average molecular weight is 309 g/mol. The summed E-state index contributed by atoms with van der Waals surface area (Å²) in [6, 6.07) is 1.13. The maximum absolute atomic E-state index is 12.6. The fourth-order valence-corrected chi connectivity index (χ4v) is 4.27. The number of morpholine rings is 1. The lowest BCUT2D eigenvalue weighted by Gasteiger charge is -2.36. The number of rotatable bonds is 4. The molecule has 22 heavy (non-hydrogen) atoms. The first-order chi connectivity index (χ1) is 10.6. The molecule has 0 bridgehead atoms. The van der Waals surface area contributed by atoms with Crippen molar-refractivity contribution in [3.05, 3.63) is 0 Å². The molecule has 0 radical (unpaired) electrons. The minimum absolute atomic E-state index is 0.0208. The van der Waals surface area contributed by atoms with E-state index in [1.807, 2.05) is 0 Å². The molecule has 3 aliphatic rings. The van der Waals surface area contributed by atoms with Crippen LogP contribution in [0.4, 0.5) is 0 Å². The number of nitrogens with one attached hydrogen (secondary N) is 2. The third-order valence-corrected chi connectivity index (χ3v) is 5.89. The molecule has 1 saturated carbocycles. The molecule has 0 aromatic rings. The third-order valence-electron chi connectivity index (χ3n) is 5.89. The zero-order valence-corrected chi connectivity index (χ0v) is 14.0. The lowest BCUT2D eigenvalue weighted by atomic mass is 9.85. The molecule has 0 spiro atoms. The van der Waals surface area contributed by atoms with Crippen molar-refractivity contribution in [1.29, 1.82) is 0 Å². The fourth-order valence-electron chi connectivity index (χ4n) is 4.27. The number of amides is 1. The molecular weight excluding hydrogens is 278 g/mol. The maximum atomic E-state index is 12.6. The number of hydrogen-bond donors (Lipinski definition) is 2. The number of carbonyl (C=O) groups is 1. The number of nitrogens with zero attached hydrogens (tertiary/aromatic N) is 1. The maximum Gasteiger partial charge on any atom is 0.237 e. The Hall–Kier alpha value is -0.650. The van der Waals surface area contributed by atoms with Crippen molar-refractivity contribution >= 4 is 5.91 Å². The van der Waals surface area contributed by atoms with E-state index in [4.69, 9.17) is 4.74 Å². The van der Waals surface area contributed by atoms with E-state index in [-0.39, 0.29) is 18.0 Å². The van der Waals surface area contributed by atoms with Gasteiger partial charge in [0, 0.05) is 31.2 Å². The van der Waals surface area contributed by atoms with Crippen LogP contribution in [0, 0.1) is 5.92 Å². The SMILES string of the molecule is CC(NC(=O)C1CC2CCCCC2N1)C(C)N1CCOCC1. The minimum atomic E-state index is 0.0208. The van der Waals surface area contributed by atoms with Gasteiger partial charge in [0.25, 0.3) is 0 Å². The smallest absolute Gasteiger partial charge is 0.237 e. The third kappa shape index (κ3) is 3.63. The number of fused-ring (bicyclic) bond motifs is 1. The van der Waals surface area contributed by atoms with Crippen molar-refractivity contribution in [3.63, 3.8) is 0 Å². The highest BCUT2D eigenvalue weighted by molar-refractivity contribution is 5.82. The van der Waals surface area contributed by atoms with Gasteiger partial charge in [-0.25, -0.2) is 0 Å². The van der Waals surface area contributed by atoms with Gasteiger partial charge in [-0.2, -0.15) is 0 Å². The summed E-state index contributed by atoms with van der Waals surface area (Å²) in [5.74, 6) is 0.915. The van der Waals surface area contributed by atoms with E-state index >= 15 is 0 Å². The van der Waals surface area contributed by atoms with Gasteiger partial charge < -0.3 is 15.4 Å². The van der Waals surface area contributed by atoms with Crippen LogP contribution < -0.4 is 10.6 Å². The van der Waals surface area contributed by atoms with Gasteiger partial charge in [-0.05, 0) is 39.0 Å². The first-order valence-electron chi connectivity index (χ1n) is 9.03. The van der Waals surface area contributed by atoms with E-state index < -0.39 is 0 Å². The van der Waals surface area contributed by atoms with Crippen molar-refractivity contribution in [2.24, 2.45) is 5.92 Å². The van der Waals surface area contributed by atoms with Crippen LogP contribution in [0.5, 0.6) is 0 Å². The highest BCUT2D eigenvalue weighted by atomic mass is 16.5. The molecule has 2 heterocycles. The van der Waals surface area contributed by atoms with Gasteiger partial charge in [-0.3, -0.25) is 9.69 Å². The Labute approximate surface area is 134 Å². The second kappa shape index (κ2) is 7.28. The van der Waals surface area contributed by atoms with Crippen LogP contribution in [0.25, 0.3) is 0 Å². The predicted octanol–water partition coefficient (Wildman–Crippen LogP) is 1.13. The topological polar surface area (TPSA) is 53.6 Å². The minimum Gasteiger partial charge on any atom is -0.379 e. The molecular formula is C17H31N3O2. The molecule has 5 unspecified atom stereocenters. The Balaban J connectivity index is 1.48. The molecule has 2 N–H and O–H groups in total. The molecule has 5 nitrogen and oxygen atoms in total. The number of carbonyl (C=O) groups excluding carboxylic acids is 1. The molecule has 3 rings (SSSR count). The van der Waals surface area contributed by atoms with Crippen molar-refractivity contribution in [2.75, 3.05) is 26.3 Å². The zero-order chi connectivity index (χ0) is 15.5. The summed E-state index contributed by atoms with van der Waals surface area (Å²) < 4.78 is 5.41. The lowest BCUT2D eigenvalue weighted by molar-refractivity contribution is -0.124. The number of ether oxygens (including phenoxy) is 1. The molecule has 5 heteroatoms. The average Bonchev–Trinajstić information content (AvgIpc) is 2.99. The summed E-state index contributed by atoms with van der Waals surface area (Å²) in [6.07, 6.45) is 6.21. The largest absolute Gasteiger partial charge is 0.379 e. The Kier molecular flexibility index (Phi) is 5.37. The second-order valence-corrected chi connectivity index (χ2v) is 7.29. The standard InChI is InChI=1S/C17H31N3O2/c1-12(13(2)20-7-9-22-10-8-20)18-17(21)16-11-14-5-3-4-6-15(14)19-16/h12-16,19H,3-11H2,1-2H3,(H,18,21). The van der Waals surface area contributed by atoms with Gasteiger partial charge >= 0.3 is 0 Å². The van der Waals surface area contributed by atoms with Gasteiger partial charge in [-0.15, -0.1) is 0 Å². The zero-order valence-electron chi connectivity index (χ0n) is 14.0. The summed E-state index contributed by atoms with van der Waals surface area (Å²) in [5.41, 5.74) is 0. The molecule has 1 amide bonds. The molecule has 2 aliphatic heterocycles. The van der Waals surface area contributed by atoms with Crippen LogP contribution >= 0.6 is 0 Å². The van der Waals surface area contributed by atoms with Crippen LogP contribution in [-0.2, 0) is 9.53 Å². The predicted molar refractivity (Wildman–Crippen MR) is 86.7 cm³/mol. The van der Waals surface area contributed by atoms with Gasteiger partial charge in [0.15, 0.2) is 0 Å². The van der Waals surface area contributed by atoms with Crippen molar-refractivity contribution < 1.29 is 9.53 Å². The Morgan fingerprint density at radius 2 is 1.95 bits per heavy atom. The monoisotopic (exact) mass is 309 g/mol. The van der Waals surface area contributed by atoms with Crippen molar-refractivity contribution in [2.45, 2.75) is 70.1 Å². The Bertz CT molecular complexity index is 370. The van der Waals surface area contributed by atoms with Gasteiger partial charge in [0.1, 0.15) is 0 Å². The molecule has 126 valence electrons. The second-order valence-electron chi connectivity index (χ2n) is 7.29. The van der Waals surface area contributed by atoms with Crippen LogP contribution in [0.3, 0.4) is 0 Å². The van der Waals surface area contributed by atoms with Gasteiger partial charge in [0.2, 0.25) is 5.91 Å². The molecule has 0 aromatic carbocycles. The summed E-state index contributed by atoms with van der Waals surface area (Å²) in [6.45, 7) is 7.87. The molecule has 3 fully saturated rings. The van der Waals surface area contributed by atoms with E-state index in [1.165, 1.54) is 25.7 Å². The van der Waals surface area contributed by atoms with Gasteiger partial charge in [0.05, 0.1) is 19.3 Å². The Morgan fingerprint density at radius 3 is 2.68 bits per heavy atom. The van der Waals surface area contributed by atoms with Crippen LogP contribution in [-0.4, -0.2) is 61.3 Å². The summed E-state index contributed by atoms with van der Waals surface area (Å²) in [4.78, 5) is 15.0. The number of hydrogen-bond acceptors (Lipinski definition) is 4. The van der Waals surface area contributed by atoms with Crippen LogP contribution in [0.1, 0.15) is 46.0 Å². The first kappa shape index (κ1) is 16.2. The van der Waals surface area contributed by atoms with E-state index in [0.717, 1.165) is 38.6 Å². The Morgan fingerprint density at radius 1 is 1.23 bits per heavy atom. The lowest BCUT2D eigenvalue weighted by Crippen LogP contribution is -2.54. The molecule has 0 aromatic heterocycles. The molecule has 1 aliphatic carbocycles. The van der Waals surface area contributed by atoms with E-state index in [1.54, 1.807) is 0 Å². The summed E-state index contributed by atoms with van der Waals surface area (Å²) in [5, 5.41) is 6.82. The summed E-state index contributed by atoms with van der Waals surface area (Å²) >= 11 is 0. The van der Waals surface area contributed by atoms with E-state index in [2.05, 4.69) is 29.4 Å². The normalized spacial score (nSPS) is 35.6. The summed E-state index contributed by atoms with van der Waals surface area (Å²) in [7, 11) is 0. The highest BCUT2D eigenvalue weighted by Crippen LogP contribution is 2.33. The van der Waals surface area contributed by atoms with Crippen LogP contribution in [0.15, 0.2) is 0 Å². The van der Waals surface area contributed by atoms with E-state index in [0.29, 0.717) is 12.1 Å². The van der Waals surface area contributed by atoms with Crippen LogP contribution in [0.2, 0.25) is 0 Å². The van der Waals surface area contributed by atoms with Crippen molar-refractivity contribution in [1.82, 2.24) is 15.5 Å². The first-order valence-corrected chi connectivity index (χ1v) is 9.03. The van der Waals surface area contributed by atoms with Crippen molar-refractivity contribution in [3.8, 4) is 0 Å².